The van der Waals surface area contributed by atoms with E-state index in [1.165, 1.54) is 0 Å². The van der Waals surface area contributed by atoms with E-state index in [0.29, 0.717) is 36.5 Å². The first kappa shape index (κ1) is 14.2. The molecule has 0 bridgehead atoms. The van der Waals surface area contributed by atoms with Crippen LogP contribution in [0.25, 0.3) is 0 Å². The lowest BCUT2D eigenvalue weighted by molar-refractivity contribution is 0.178. The van der Waals surface area contributed by atoms with Crippen LogP contribution in [0.1, 0.15) is 24.5 Å². The minimum Gasteiger partial charge on any atom is -0.377 e. The summed E-state index contributed by atoms with van der Waals surface area (Å²) in [5.41, 5.74) is 0. The summed E-state index contributed by atoms with van der Waals surface area (Å²) in [6.07, 6.45) is 0. The summed E-state index contributed by atoms with van der Waals surface area (Å²) < 4.78 is 10.1. The lowest BCUT2D eigenvalue weighted by Gasteiger charge is -2.09. The Kier molecular flexibility index (Phi) is 4.83. The van der Waals surface area contributed by atoms with Crippen molar-refractivity contribution in [3.8, 4) is 0 Å². The number of anilines is 2. The number of rotatable bonds is 7. The zero-order valence-electron chi connectivity index (χ0n) is 11.8. The first-order chi connectivity index (χ1) is 9.71. The number of nitrogens with zero attached hydrogens (tertiary/aromatic N) is 4. The van der Waals surface area contributed by atoms with Gasteiger partial charge in [0.05, 0.1) is 6.54 Å². The maximum absolute atomic E-state index is 5.06. The molecule has 20 heavy (non-hydrogen) atoms. The number of aromatic nitrogens is 4. The van der Waals surface area contributed by atoms with E-state index in [1.807, 2.05) is 13.0 Å². The highest BCUT2D eigenvalue weighted by molar-refractivity contribution is 5.47. The van der Waals surface area contributed by atoms with Gasteiger partial charge in [0.2, 0.25) is 5.89 Å². The summed E-state index contributed by atoms with van der Waals surface area (Å²) in [4.78, 5) is 12.8. The van der Waals surface area contributed by atoms with E-state index in [4.69, 9.17) is 9.26 Å². The number of aryl methyl sites for hydroxylation is 1. The molecule has 0 atom stereocenters. The molecule has 0 saturated carbocycles. The van der Waals surface area contributed by atoms with Crippen LogP contribution in [0.4, 0.5) is 11.6 Å². The van der Waals surface area contributed by atoms with Crippen LogP contribution >= 0.6 is 0 Å². The Morgan fingerprint density at radius 1 is 1.20 bits per heavy atom. The van der Waals surface area contributed by atoms with Crippen molar-refractivity contribution in [2.24, 2.45) is 0 Å². The molecule has 0 aromatic carbocycles. The van der Waals surface area contributed by atoms with Gasteiger partial charge in [0.15, 0.2) is 11.6 Å². The smallest absolute Gasteiger partial charge is 0.245 e. The number of ether oxygens (including phenoxy) is 1. The summed E-state index contributed by atoms with van der Waals surface area (Å²) in [5, 5.41) is 10.0. The van der Waals surface area contributed by atoms with E-state index < -0.39 is 0 Å². The molecule has 8 nitrogen and oxygen atoms in total. The minimum atomic E-state index is 0.355. The number of hydrogen-bond acceptors (Lipinski definition) is 8. The van der Waals surface area contributed by atoms with Gasteiger partial charge in [0.1, 0.15) is 18.2 Å². The minimum absolute atomic E-state index is 0.355. The second-order valence-electron chi connectivity index (χ2n) is 4.11. The first-order valence-corrected chi connectivity index (χ1v) is 6.35. The van der Waals surface area contributed by atoms with E-state index >= 15 is 0 Å². The van der Waals surface area contributed by atoms with Gasteiger partial charge in [-0.25, -0.2) is 9.97 Å². The summed E-state index contributed by atoms with van der Waals surface area (Å²) in [7, 11) is 1.61. The summed E-state index contributed by atoms with van der Waals surface area (Å²) in [6, 6.07) is 1.83. The number of methoxy groups -OCH3 is 1. The Morgan fingerprint density at radius 2 is 1.95 bits per heavy atom. The van der Waals surface area contributed by atoms with Crippen molar-refractivity contribution in [2.75, 3.05) is 24.3 Å². The molecule has 0 saturated heterocycles. The van der Waals surface area contributed by atoms with Crippen molar-refractivity contribution in [3.63, 3.8) is 0 Å². The van der Waals surface area contributed by atoms with Crippen molar-refractivity contribution in [2.45, 2.75) is 27.0 Å². The molecule has 2 N–H and O–H groups in total. The lowest BCUT2D eigenvalue weighted by atomic mass is 10.4. The molecule has 0 aliphatic carbocycles. The maximum atomic E-state index is 5.06. The molecule has 0 unspecified atom stereocenters. The highest BCUT2D eigenvalue weighted by atomic mass is 16.5. The molecule has 2 aromatic heterocycles. The molecule has 108 valence electrons. The fraction of sp³-hybridized carbons (Fsp3) is 0.500. The van der Waals surface area contributed by atoms with E-state index in [1.54, 1.807) is 14.0 Å². The fourth-order valence-corrected chi connectivity index (χ4v) is 1.63. The third-order valence-corrected chi connectivity index (χ3v) is 2.39. The van der Waals surface area contributed by atoms with Gasteiger partial charge in [-0.1, -0.05) is 5.16 Å². The fourth-order valence-electron chi connectivity index (χ4n) is 1.63. The normalized spacial score (nSPS) is 10.6. The second kappa shape index (κ2) is 6.80. The van der Waals surface area contributed by atoms with Gasteiger partial charge in [-0.2, -0.15) is 4.98 Å². The molecule has 0 fully saturated rings. The van der Waals surface area contributed by atoms with Crippen molar-refractivity contribution in [1.82, 2.24) is 20.1 Å². The van der Waals surface area contributed by atoms with Gasteiger partial charge in [0, 0.05) is 19.7 Å². The summed E-state index contributed by atoms with van der Waals surface area (Å²) in [5.74, 6) is 3.16. The summed E-state index contributed by atoms with van der Waals surface area (Å²) in [6.45, 7) is 5.33. The topological polar surface area (TPSA) is 98.0 Å². The molecule has 8 heteroatoms. The quantitative estimate of drug-likeness (QED) is 0.783. The molecular formula is C12H18N6O2. The largest absolute Gasteiger partial charge is 0.377 e. The van der Waals surface area contributed by atoms with Crippen LogP contribution in [0.15, 0.2) is 10.6 Å². The molecule has 0 aliphatic rings. The highest BCUT2D eigenvalue weighted by Gasteiger charge is 2.06. The zero-order chi connectivity index (χ0) is 14.4. The summed E-state index contributed by atoms with van der Waals surface area (Å²) >= 11 is 0. The molecule has 0 aliphatic heterocycles. The van der Waals surface area contributed by atoms with Crippen LogP contribution in [0.5, 0.6) is 0 Å². The van der Waals surface area contributed by atoms with Crippen molar-refractivity contribution < 1.29 is 9.26 Å². The van der Waals surface area contributed by atoms with Crippen LogP contribution < -0.4 is 10.6 Å². The van der Waals surface area contributed by atoms with Crippen LogP contribution in [-0.4, -0.2) is 33.8 Å². The molecule has 2 heterocycles. The third kappa shape index (κ3) is 3.89. The second-order valence-corrected chi connectivity index (χ2v) is 4.11. The molecule has 2 rings (SSSR count). The van der Waals surface area contributed by atoms with Gasteiger partial charge < -0.3 is 19.9 Å². The van der Waals surface area contributed by atoms with E-state index in [9.17, 15) is 0 Å². The zero-order valence-corrected chi connectivity index (χ0v) is 11.8. The third-order valence-electron chi connectivity index (χ3n) is 2.39. The van der Waals surface area contributed by atoms with Crippen LogP contribution in [0, 0.1) is 6.92 Å². The Balaban J connectivity index is 2.08. The van der Waals surface area contributed by atoms with Crippen molar-refractivity contribution in [3.05, 3.63) is 23.6 Å². The van der Waals surface area contributed by atoms with Gasteiger partial charge >= 0.3 is 0 Å². The Hall–Kier alpha value is -2.22. The van der Waals surface area contributed by atoms with Crippen LogP contribution in [0.2, 0.25) is 0 Å². The maximum Gasteiger partial charge on any atom is 0.245 e. The Morgan fingerprint density at radius 3 is 2.55 bits per heavy atom. The molecule has 2 aromatic rings. The SMILES string of the molecule is CCNc1cc(NCc2nc(C)no2)nc(COC)n1. The molecule has 0 spiro atoms. The van der Waals surface area contributed by atoms with E-state index in [2.05, 4.69) is 30.7 Å². The number of hydrogen-bond donors (Lipinski definition) is 2. The Bertz CT molecular complexity index is 532. The van der Waals surface area contributed by atoms with Crippen LogP contribution in [-0.2, 0) is 17.9 Å². The monoisotopic (exact) mass is 278 g/mol. The highest BCUT2D eigenvalue weighted by Crippen LogP contribution is 2.13. The van der Waals surface area contributed by atoms with Gasteiger partial charge in [-0.15, -0.1) is 0 Å². The molecular weight excluding hydrogens is 260 g/mol. The van der Waals surface area contributed by atoms with E-state index in [0.717, 1.165) is 12.4 Å². The van der Waals surface area contributed by atoms with Gasteiger partial charge in [-0.05, 0) is 13.8 Å². The molecule has 0 amide bonds. The molecule has 0 radical (unpaired) electrons. The predicted molar refractivity (Wildman–Crippen MR) is 73.3 cm³/mol. The average Bonchev–Trinajstić information content (AvgIpc) is 2.83. The standard InChI is InChI=1S/C12H18N6O2/c1-4-13-9-5-10(17-11(16-9)7-19-3)14-6-12-15-8(2)18-20-12/h5H,4,6-7H2,1-3H3,(H2,13,14,16,17). The average molecular weight is 278 g/mol. The first-order valence-electron chi connectivity index (χ1n) is 6.35. The van der Waals surface area contributed by atoms with Gasteiger partial charge in [0.25, 0.3) is 0 Å². The van der Waals surface area contributed by atoms with Gasteiger partial charge in [-0.3, -0.25) is 0 Å². The van der Waals surface area contributed by atoms with Crippen LogP contribution in [0.3, 0.4) is 0 Å². The predicted octanol–water partition coefficient (Wildman–Crippen LogP) is 1.36. The van der Waals surface area contributed by atoms with Crippen molar-refractivity contribution in [1.29, 1.82) is 0 Å². The van der Waals surface area contributed by atoms with Crippen molar-refractivity contribution >= 4 is 11.6 Å². The number of nitrogens with one attached hydrogen (secondary N) is 2. The Labute approximate surface area is 117 Å². The lowest BCUT2D eigenvalue weighted by Crippen LogP contribution is -2.09. The van der Waals surface area contributed by atoms with E-state index in [-0.39, 0.29) is 0 Å².